The average molecular weight is 328 g/mol. The molecule has 128 valence electrons. The maximum atomic E-state index is 11.8. The van der Waals surface area contributed by atoms with Gasteiger partial charge in [0, 0.05) is 6.42 Å². The first-order valence-corrected chi connectivity index (χ1v) is 6.87. The van der Waals surface area contributed by atoms with Gasteiger partial charge < -0.3 is 24.9 Å². The summed E-state index contributed by atoms with van der Waals surface area (Å²) < 4.78 is 11.0. The van der Waals surface area contributed by atoms with Crippen LogP contribution in [0, 0.1) is 10.1 Å². The van der Waals surface area contributed by atoms with Crippen molar-refractivity contribution in [2.75, 3.05) is 7.11 Å². The Morgan fingerprint density at radius 3 is 2.65 bits per heavy atom. The quantitative estimate of drug-likeness (QED) is 0.473. The second-order valence-corrected chi connectivity index (χ2v) is 5.69. The monoisotopic (exact) mass is 328 g/mol. The molecular weight excluding hydrogens is 308 g/mol. The van der Waals surface area contributed by atoms with Crippen LogP contribution in [0.15, 0.2) is 12.4 Å². The van der Waals surface area contributed by atoms with Crippen molar-refractivity contribution in [3.63, 3.8) is 0 Å². The van der Waals surface area contributed by atoms with E-state index >= 15 is 0 Å². The second kappa shape index (κ2) is 7.56. The van der Waals surface area contributed by atoms with E-state index in [9.17, 15) is 19.7 Å². The Kier molecular flexibility index (Phi) is 6.05. The molecule has 23 heavy (non-hydrogen) atoms. The van der Waals surface area contributed by atoms with E-state index in [1.807, 2.05) is 0 Å². The van der Waals surface area contributed by atoms with Crippen LogP contribution in [0.2, 0.25) is 0 Å². The van der Waals surface area contributed by atoms with Crippen molar-refractivity contribution in [3.05, 3.63) is 22.5 Å². The van der Waals surface area contributed by atoms with Gasteiger partial charge in [0.25, 0.3) is 0 Å². The number of hydrogen-bond donors (Lipinski definition) is 1. The largest absolute Gasteiger partial charge is 0.467 e. The van der Waals surface area contributed by atoms with Gasteiger partial charge in [0.1, 0.15) is 24.0 Å². The van der Waals surface area contributed by atoms with Crippen molar-refractivity contribution >= 4 is 18.0 Å². The number of rotatable bonds is 6. The number of nitrogens with one attached hydrogen (secondary N) is 1. The lowest BCUT2D eigenvalue weighted by atomic mass is 10.2. The van der Waals surface area contributed by atoms with Crippen LogP contribution < -0.4 is 5.32 Å². The Morgan fingerprint density at radius 2 is 2.13 bits per heavy atom. The average Bonchev–Trinajstić information content (AvgIpc) is 2.89. The predicted molar refractivity (Wildman–Crippen MR) is 78.7 cm³/mol. The summed E-state index contributed by atoms with van der Waals surface area (Å²) in [5.74, 6) is -1.01. The van der Waals surface area contributed by atoms with Crippen molar-refractivity contribution in [3.8, 4) is 0 Å². The van der Waals surface area contributed by atoms with Gasteiger partial charge in [0.15, 0.2) is 0 Å². The normalized spacial score (nSPS) is 12.3. The molecule has 1 rings (SSSR count). The van der Waals surface area contributed by atoms with Gasteiger partial charge in [-0.3, -0.25) is 0 Å². The highest BCUT2D eigenvalue weighted by atomic mass is 16.6. The van der Waals surface area contributed by atoms with Crippen LogP contribution in [0.4, 0.5) is 10.7 Å². The highest BCUT2D eigenvalue weighted by Gasteiger charge is 2.26. The summed E-state index contributed by atoms with van der Waals surface area (Å²) in [5, 5.41) is 13.2. The Bertz CT molecular complexity index is 577. The molecule has 0 aromatic carbocycles. The number of imidazole rings is 1. The number of alkyl carbamates (subject to hydrolysis) is 1. The molecule has 1 aromatic heterocycles. The van der Waals surface area contributed by atoms with E-state index in [4.69, 9.17) is 4.74 Å². The summed E-state index contributed by atoms with van der Waals surface area (Å²) in [6.45, 7) is 5.17. The van der Waals surface area contributed by atoms with Crippen molar-refractivity contribution < 1.29 is 24.0 Å². The molecule has 1 N–H and O–H groups in total. The fourth-order valence-electron chi connectivity index (χ4n) is 1.76. The van der Waals surface area contributed by atoms with Gasteiger partial charge >= 0.3 is 18.0 Å². The standard InChI is InChI=1S/C13H20N4O6/c1-13(2,3)23-12(19)15-9(10(18)22-4)5-7-16-8-6-14-11(16)17(20)21/h6,8-9H,5,7H2,1-4H3,(H,15,19). The van der Waals surface area contributed by atoms with Gasteiger partial charge in [-0.1, -0.05) is 4.98 Å². The van der Waals surface area contributed by atoms with Crippen LogP contribution in [0.5, 0.6) is 0 Å². The van der Waals surface area contributed by atoms with E-state index in [1.165, 1.54) is 24.1 Å². The molecule has 10 heteroatoms. The Labute approximate surface area is 132 Å². The molecule has 10 nitrogen and oxygen atoms in total. The van der Waals surface area contributed by atoms with E-state index in [2.05, 4.69) is 15.0 Å². The molecule has 0 saturated carbocycles. The number of nitrogens with zero attached hydrogens (tertiary/aromatic N) is 3. The zero-order valence-corrected chi connectivity index (χ0v) is 13.4. The van der Waals surface area contributed by atoms with Gasteiger partial charge in [0.2, 0.25) is 0 Å². The number of carbonyl (C=O) groups is 2. The van der Waals surface area contributed by atoms with E-state index in [0.29, 0.717) is 0 Å². The van der Waals surface area contributed by atoms with Crippen molar-refractivity contribution in [2.24, 2.45) is 0 Å². The van der Waals surface area contributed by atoms with Crippen LogP contribution in [-0.4, -0.2) is 45.3 Å². The smallest absolute Gasteiger partial charge is 0.434 e. The zero-order chi connectivity index (χ0) is 17.6. The van der Waals surface area contributed by atoms with E-state index in [-0.39, 0.29) is 18.9 Å². The zero-order valence-electron chi connectivity index (χ0n) is 13.4. The minimum absolute atomic E-state index is 0.0864. The lowest BCUT2D eigenvalue weighted by Gasteiger charge is -2.22. The molecule has 0 aliphatic carbocycles. The minimum atomic E-state index is -0.989. The summed E-state index contributed by atoms with van der Waals surface area (Å²) >= 11 is 0. The molecule has 0 spiro atoms. The topological polar surface area (TPSA) is 126 Å². The first kappa shape index (κ1) is 18.4. The molecule has 1 amide bonds. The minimum Gasteiger partial charge on any atom is -0.467 e. The highest BCUT2D eigenvalue weighted by Crippen LogP contribution is 2.11. The van der Waals surface area contributed by atoms with Crippen LogP contribution in [0.25, 0.3) is 0 Å². The van der Waals surface area contributed by atoms with Crippen molar-refractivity contribution in [1.82, 2.24) is 14.9 Å². The number of ether oxygens (including phenoxy) is 2. The fraction of sp³-hybridized carbons (Fsp3) is 0.615. The number of aromatic nitrogens is 2. The summed E-state index contributed by atoms with van der Waals surface area (Å²) in [5.41, 5.74) is -0.714. The molecule has 0 radical (unpaired) electrons. The number of methoxy groups -OCH3 is 1. The molecule has 1 atom stereocenters. The van der Waals surface area contributed by atoms with Gasteiger partial charge in [-0.05, 0) is 25.7 Å². The molecule has 0 aliphatic rings. The Morgan fingerprint density at radius 1 is 1.48 bits per heavy atom. The van der Waals surface area contributed by atoms with Gasteiger partial charge in [0.05, 0.1) is 13.7 Å². The lowest BCUT2D eigenvalue weighted by Crippen LogP contribution is -2.44. The molecule has 0 saturated heterocycles. The molecule has 0 bridgehead atoms. The van der Waals surface area contributed by atoms with Gasteiger partial charge in [-0.15, -0.1) is 0 Å². The second-order valence-electron chi connectivity index (χ2n) is 5.69. The van der Waals surface area contributed by atoms with Crippen LogP contribution >= 0.6 is 0 Å². The molecule has 0 aliphatic heterocycles. The third-order valence-electron chi connectivity index (χ3n) is 2.69. The van der Waals surface area contributed by atoms with Crippen molar-refractivity contribution in [2.45, 2.75) is 45.4 Å². The van der Waals surface area contributed by atoms with Crippen LogP contribution in [0.1, 0.15) is 27.2 Å². The third-order valence-corrected chi connectivity index (χ3v) is 2.69. The van der Waals surface area contributed by atoms with Gasteiger partial charge in [-0.25, -0.2) is 14.2 Å². The first-order valence-electron chi connectivity index (χ1n) is 6.87. The van der Waals surface area contributed by atoms with Gasteiger partial charge in [-0.2, -0.15) is 0 Å². The summed E-state index contributed by atoms with van der Waals surface area (Å²) in [6.07, 6.45) is 2.02. The SMILES string of the molecule is COC(=O)C(CCn1ccnc1[N+](=O)[O-])NC(=O)OC(C)(C)C. The Hall–Kier alpha value is -2.65. The van der Waals surface area contributed by atoms with E-state index < -0.39 is 28.6 Å². The molecule has 1 aromatic rings. The summed E-state index contributed by atoms with van der Waals surface area (Å²) in [4.78, 5) is 37.3. The maximum Gasteiger partial charge on any atom is 0.434 e. The molecular formula is C13H20N4O6. The number of esters is 1. The summed E-state index contributed by atoms with van der Waals surface area (Å²) in [7, 11) is 1.19. The Balaban J connectivity index is 2.72. The van der Waals surface area contributed by atoms with Crippen LogP contribution in [-0.2, 0) is 20.8 Å². The van der Waals surface area contributed by atoms with Crippen LogP contribution in [0.3, 0.4) is 0 Å². The fourth-order valence-corrected chi connectivity index (χ4v) is 1.76. The summed E-state index contributed by atoms with van der Waals surface area (Å²) in [6, 6.07) is -0.989. The predicted octanol–water partition coefficient (Wildman–Crippen LogP) is 1.25. The highest BCUT2D eigenvalue weighted by molar-refractivity contribution is 5.81. The number of hydrogen-bond acceptors (Lipinski definition) is 7. The first-order chi connectivity index (χ1) is 10.6. The number of aryl methyl sites for hydroxylation is 1. The van der Waals surface area contributed by atoms with Crippen molar-refractivity contribution in [1.29, 1.82) is 0 Å². The van der Waals surface area contributed by atoms with E-state index in [1.54, 1.807) is 20.8 Å². The number of amides is 1. The molecule has 1 unspecified atom stereocenters. The third kappa shape index (κ3) is 5.93. The number of carbonyl (C=O) groups excluding carboxylic acids is 2. The molecule has 1 heterocycles. The lowest BCUT2D eigenvalue weighted by molar-refractivity contribution is -0.396. The molecule has 0 fully saturated rings. The number of nitro groups is 1. The maximum absolute atomic E-state index is 11.8. The van der Waals surface area contributed by atoms with E-state index in [0.717, 1.165) is 0 Å².